The zero-order chi connectivity index (χ0) is 9.80. The Morgan fingerprint density at radius 1 is 1.50 bits per heavy atom. The number of allylic oxidation sites excluding steroid dienone is 2. The van der Waals surface area contributed by atoms with E-state index >= 15 is 0 Å². The lowest BCUT2D eigenvalue weighted by Gasteiger charge is -2.25. The number of fused-ring (bicyclic) bond motifs is 1. The summed E-state index contributed by atoms with van der Waals surface area (Å²) in [5, 5.41) is 11.7. The highest BCUT2D eigenvalue weighted by molar-refractivity contribution is 5.96. The van der Waals surface area contributed by atoms with Crippen LogP contribution in [0.2, 0.25) is 0 Å². The molecule has 0 aliphatic carbocycles. The second-order valence-corrected chi connectivity index (χ2v) is 3.06. The lowest BCUT2D eigenvalue weighted by Crippen LogP contribution is -2.31. The molecule has 4 nitrogen and oxygen atoms in total. The largest absolute Gasteiger partial charge is 0.395 e. The van der Waals surface area contributed by atoms with Crippen LogP contribution in [0.3, 0.4) is 0 Å². The van der Waals surface area contributed by atoms with Gasteiger partial charge in [0.2, 0.25) is 0 Å². The molecule has 74 valence electrons. The summed E-state index contributed by atoms with van der Waals surface area (Å²) in [6.45, 7) is 1.50. The summed E-state index contributed by atoms with van der Waals surface area (Å²) in [5.74, 6) is 1.78. The Bertz CT molecular complexity index is 328. The van der Waals surface area contributed by atoms with E-state index in [0.29, 0.717) is 6.54 Å². The molecule has 2 heterocycles. The summed E-state index contributed by atoms with van der Waals surface area (Å²) < 4.78 is 0. The molecule has 0 saturated heterocycles. The van der Waals surface area contributed by atoms with Crippen molar-refractivity contribution in [1.82, 2.24) is 10.2 Å². The van der Waals surface area contributed by atoms with Gasteiger partial charge >= 0.3 is 0 Å². The molecule has 2 N–H and O–H groups in total. The van der Waals surface area contributed by atoms with Crippen LogP contribution in [-0.2, 0) is 0 Å². The number of amidine groups is 1. The van der Waals surface area contributed by atoms with Crippen LogP contribution in [0, 0.1) is 0 Å². The van der Waals surface area contributed by atoms with Gasteiger partial charge in [0.15, 0.2) is 0 Å². The van der Waals surface area contributed by atoms with Gasteiger partial charge in [-0.2, -0.15) is 0 Å². The second-order valence-electron chi connectivity index (χ2n) is 3.06. The highest BCUT2D eigenvalue weighted by atomic mass is 16.3. The van der Waals surface area contributed by atoms with Crippen molar-refractivity contribution in [2.24, 2.45) is 4.99 Å². The Labute approximate surface area is 82.9 Å². The standard InChI is InChI=1S/C10H13N3O/c14-8-5-11-9-4-7-13-6-2-1-3-10(13)12-9/h1-4,6,11,14H,5,7-8H2. The number of hydrogen-bond donors (Lipinski definition) is 2. The van der Waals surface area contributed by atoms with E-state index in [2.05, 4.69) is 15.2 Å². The number of aliphatic imine (C=N–C) groups is 1. The summed E-state index contributed by atoms with van der Waals surface area (Å²) in [4.78, 5) is 6.44. The first kappa shape index (κ1) is 9.02. The van der Waals surface area contributed by atoms with Crippen LogP contribution < -0.4 is 5.32 Å². The molecule has 2 aliphatic rings. The van der Waals surface area contributed by atoms with E-state index in [0.717, 1.165) is 18.2 Å². The number of nitrogens with one attached hydrogen (secondary N) is 1. The van der Waals surface area contributed by atoms with Crippen LogP contribution in [-0.4, -0.2) is 35.5 Å². The molecular weight excluding hydrogens is 178 g/mol. The van der Waals surface area contributed by atoms with E-state index in [4.69, 9.17) is 5.11 Å². The quantitative estimate of drug-likeness (QED) is 0.670. The molecule has 0 aromatic carbocycles. The molecular formula is C10H13N3O. The summed E-state index contributed by atoms with van der Waals surface area (Å²) >= 11 is 0. The number of aliphatic hydroxyl groups excluding tert-OH is 1. The van der Waals surface area contributed by atoms with E-state index < -0.39 is 0 Å². The van der Waals surface area contributed by atoms with Crippen LogP contribution in [0.25, 0.3) is 0 Å². The van der Waals surface area contributed by atoms with Gasteiger partial charge in [-0.05, 0) is 18.2 Å². The highest BCUT2D eigenvalue weighted by Crippen LogP contribution is 2.10. The van der Waals surface area contributed by atoms with Gasteiger partial charge in [0.25, 0.3) is 0 Å². The van der Waals surface area contributed by atoms with Crippen LogP contribution in [0.4, 0.5) is 0 Å². The van der Waals surface area contributed by atoms with Crippen LogP contribution in [0.15, 0.2) is 41.3 Å². The predicted molar refractivity (Wildman–Crippen MR) is 55.6 cm³/mol. The summed E-state index contributed by atoms with van der Waals surface area (Å²) in [7, 11) is 0. The molecule has 14 heavy (non-hydrogen) atoms. The van der Waals surface area contributed by atoms with Gasteiger partial charge in [0.05, 0.1) is 6.61 Å². The SMILES string of the molecule is OCCNC1=CCN2C=CC=CC2=N1. The van der Waals surface area contributed by atoms with Crippen molar-refractivity contribution in [2.75, 3.05) is 19.7 Å². The van der Waals surface area contributed by atoms with E-state index in [-0.39, 0.29) is 6.61 Å². The van der Waals surface area contributed by atoms with E-state index in [9.17, 15) is 0 Å². The van der Waals surface area contributed by atoms with E-state index in [1.54, 1.807) is 0 Å². The Morgan fingerprint density at radius 3 is 3.29 bits per heavy atom. The monoisotopic (exact) mass is 191 g/mol. The van der Waals surface area contributed by atoms with Crippen molar-refractivity contribution >= 4 is 5.84 Å². The maximum absolute atomic E-state index is 8.66. The van der Waals surface area contributed by atoms with Crippen LogP contribution in [0.5, 0.6) is 0 Å². The molecule has 0 amide bonds. The van der Waals surface area contributed by atoms with E-state index in [1.807, 2.05) is 30.5 Å². The molecule has 0 aromatic rings. The molecule has 0 unspecified atom stereocenters. The topological polar surface area (TPSA) is 47.9 Å². The molecule has 0 fully saturated rings. The van der Waals surface area contributed by atoms with Gasteiger partial charge < -0.3 is 15.3 Å². The highest BCUT2D eigenvalue weighted by Gasteiger charge is 2.12. The lowest BCUT2D eigenvalue weighted by molar-refractivity contribution is 0.296. The fourth-order valence-corrected chi connectivity index (χ4v) is 1.37. The molecule has 0 atom stereocenters. The Balaban J connectivity index is 2.04. The second kappa shape index (κ2) is 4.11. The Morgan fingerprint density at radius 2 is 2.43 bits per heavy atom. The minimum absolute atomic E-state index is 0.127. The molecule has 0 radical (unpaired) electrons. The molecule has 0 bridgehead atoms. The minimum atomic E-state index is 0.127. The maximum atomic E-state index is 8.66. The van der Waals surface area contributed by atoms with Crippen molar-refractivity contribution in [2.45, 2.75) is 0 Å². The number of hydrogen-bond acceptors (Lipinski definition) is 4. The Hall–Kier alpha value is -1.55. The van der Waals surface area contributed by atoms with E-state index in [1.165, 1.54) is 0 Å². The van der Waals surface area contributed by atoms with Gasteiger partial charge in [-0.1, -0.05) is 6.08 Å². The Kier molecular flexibility index (Phi) is 2.65. The average molecular weight is 191 g/mol. The smallest absolute Gasteiger partial charge is 0.135 e. The third-order valence-electron chi connectivity index (χ3n) is 2.05. The zero-order valence-electron chi connectivity index (χ0n) is 7.85. The van der Waals surface area contributed by atoms with Gasteiger partial charge in [-0.15, -0.1) is 0 Å². The zero-order valence-corrected chi connectivity index (χ0v) is 7.85. The van der Waals surface area contributed by atoms with Crippen molar-refractivity contribution < 1.29 is 5.11 Å². The van der Waals surface area contributed by atoms with Crippen molar-refractivity contribution in [1.29, 1.82) is 0 Å². The number of rotatable bonds is 3. The van der Waals surface area contributed by atoms with Crippen LogP contribution >= 0.6 is 0 Å². The summed E-state index contributed by atoms with van der Waals surface area (Å²) in [5.41, 5.74) is 0. The molecule has 0 aromatic heterocycles. The van der Waals surface area contributed by atoms with Gasteiger partial charge in [0.1, 0.15) is 11.7 Å². The van der Waals surface area contributed by atoms with Crippen LogP contribution in [0.1, 0.15) is 0 Å². The lowest BCUT2D eigenvalue weighted by atomic mass is 10.3. The molecule has 0 spiro atoms. The van der Waals surface area contributed by atoms with Gasteiger partial charge in [0, 0.05) is 19.3 Å². The first-order valence-corrected chi connectivity index (χ1v) is 4.65. The van der Waals surface area contributed by atoms with Crippen molar-refractivity contribution in [3.05, 3.63) is 36.3 Å². The van der Waals surface area contributed by atoms with Crippen molar-refractivity contribution in [3.8, 4) is 0 Å². The fraction of sp³-hybridized carbons (Fsp3) is 0.300. The third kappa shape index (κ3) is 1.85. The fourth-order valence-electron chi connectivity index (χ4n) is 1.37. The minimum Gasteiger partial charge on any atom is -0.395 e. The first-order valence-electron chi connectivity index (χ1n) is 4.65. The molecule has 4 heteroatoms. The summed E-state index contributed by atoms with van der Waals surface area (Å²) in [6.07, 6.45) is 9.91. The van der Waals surface area contributed by atoms with Gasteiger partial charge in [-0.25, -0.2) is 4.99 Å². The van der Waals surface area contributed by atoms with Gasteiger partial charge in [-0.3, -0.25) is 0 Å². The molecule has 0 saturated carbocycles. The average Bonchev–Trinajstić information content (AvgIpc) is 2.26. The predicted octanol–water partition coefficient (Wildman–Crippen LogP) is 0.207. The number of aliphatic hydroxyl groups is 1. The summed E-state index contributed by atoms with van der Waals surface area (Å²) in [6, 6.07) is 0. The first-order chi connectivity index (χ1) is 6.90. The van der Waals surface area contributed by atoms with Crippen molar-refractivity contribution in [3.63, 3.8) is 0 Å². The number of nitrogens with zero attached hydrogens (tertiary/aromatic N) is 2. The third-order valence-corrected chi connectivity index (χ3v) is 2.05. The molecule has 2 rings (SSSR count). The molecule has 2 aliphatic heterocycles. The maximum Gasteiger partial charge on any atom is 0.135 e. The normalized spacial score (nSPS) is 18.8.